The van der Waals surface area contributed by atoms with Crippen LogP contribution in [0.3, 0.4) is 0 Å². The van der Waals surface area contributed by atoms with Crippen LogP contribution in [0.15, 0.2) is 0 Å². The van der Waals surface area contributed by atoms with Gasteiger partial charge in [-0.2, -0.15) is 0 Å². The predicted octanol–water partition coefficient (Wildman–Crippen LogP) is 0.744. The van der Waals surface area contributed by atoms with Gasteiger partial charge in [0.2, 0.25) is 0 Å². The summed E-state index contributed by atoms with van der Waals surface area (Å²) in [5, 5.41) is 9.64. The van der Waals surface area contributed by atoms with E-state index in [4.69, 9.17) is 9.47 Å². The molecule has 0 aromatic heterocycles. The Morgan fingerprint density at radius 1 is 1.24 bits per heavy atom. The van der Waals surface area contributed by atoms with E-state index in [1.165, 1.54) is 6.42 Å². The Morgan fingerprint density at radius 2 is 2.00 bits per heavy atom. The molecule has 1 N–H and O–H groups in total. The van der Waals surface area contributed by atoms with Crippen LogP contribution in [-0.4, -0.2) is 63.2 Å². The molecule has 4 heteroatoms. The third kappa shape index (κ3) is 3.65. The van der Waals surface area contributed by atoms with Crippen LogP contribution in [0.5, 0.6) is 0 Å². The van der Waals surface area contributed by atoms with Crippen molar-refractivity contribution >= 4 is 0 Å². The standard InChI is InChI=1S/C13H25NO3/c1-14(8-12-2-5-17-9-12)10-13(11-15)3-6-16-7-4-13/h12,15H,2-11H2,1H3. The fraction of sp³-hybridized carbons (Fsp3) is 1.00. The van der Waals surface area contributed by atoms with Gasteiger partial charge in [-0.15, -0.1) is 0 Å². The maximum Gasteiger partial charge on any atom is 0.0507 e. The summed E-state index contributed by atoms with van der Waals surface area (Å²) >= 11 is 0. The van der Waals surface area contributed by atoms with E-state index >= 15 is 0 Å². The first-order chi connectivity index (χ1) is 8.24. The first-order valence-electron chi connectivity index (χ1n) is 6.69. The van der Waals surface area contributed by atoms with Crippen molar-refractivity contribution < 1.29 is 14.6 Å². The molecular formula is C13H25NO3. The molecule has 0 bridgehead atoms. The largest absolute Gasteiger partial charge is 0.396 e. The zero-order valence-electron chi connectivity index (χ0n) is 10.9. The second-order valence-electron chi connectivity index (χ2n) is 5.70. The molecule has 0 spiro atoms. The van der Waals surface area contributed by atoms with E-state index in [0.29, 0.717) is 5.92 Å². The molecule has 2 rings (SSSR count). The molecule has 0 amide bonds. The third-order valence-corrected chi connectivity index (χ3v) is 4.09. The van der Waals surface area contributed by atoms with Gasteiger partial charge in [-0.3, -0.25) is 0 Å². The van der Waals surface area contributed by atoms with Crippen LogP contribution in [0.2, 0.25) is 0 Å². The first-order valence-corrected chi connectivity index (χ1v) is 6.69. The number of ether oxygens (including phenoxy) is 2. The summed E-state index contributed by atoms with van der Waals surface area (Å²) in [5.41, 5.74) is 0.0620. The zero-order chi connectivity index (χ0) is 12.1. The van der Waals surface area contributed by atoms with Gasteiger partial charge >= 0.3 is 0 Å². The molecule has 1 atom stereocenters. The summed E-state index contributed by atoms with van der Waals surface area (Å²) in [5.74, 6) is 0.676. The summed E-state index contributed by atoms with van der Waals surface area (Å²) in [6.45, 7) is 5.74. The van der Waals surface area contributed by atoms with Gasteiger partial charge in [-0.25, -0.2) is 0 Å². The Hall–Kier alpha value is -0.160. The average molecular weight is 243 g/mol. The Labute approximate surface area is 104 Å². The summed E-state index contributed by atoms with van der Waals surface area (Å²) in [7, 11) is 2.16. The van der Waals surface area contributed by atoms with E-state index in [1.807, 2.05) is 0 Å². The van der Waals surface area contributed by atoms with Crippen molar-refractivity contribution in [3.63, 3.8) is 0 Å². The Bertz CT molecular complexity index is 223. The van der Waals surface area contributed by atoms with Crippen molar-refractivity contribution in [1.29, 1.82) is 0 Å². The van der Waals surface area contributed by atoms with Crippen LogP contribution < -0.4 is 0 Å². The van der Waals surface area contributed by atoms with Crippen LogP contribution in [0.25, 0.3) is 0 Å². The summed E-state index contributed by atoms with van der Waals surface area (Å²) in [4.78, 5) is 2.36. The Kier molecular flexibility index (Phi) is 4.79. The van der Waals surface area contributed by atoms with Crippen LogP contribution in [-0.2, 0) is 9.47 Å². The topological polar surface area (TPSA) is 41.9 Å². The fourth-order valence-corrected chi connectivity index (χ4v) is 2.98. The maximum absolute atomic E-state index is 9.64. The molecular weight excluding hydrogens is 218 g/mol. The molecule has 17 heavy (non-hydrogen) atoms. The number of aliphatic hydroxyl groups excluding tert-OH is 1. The summed E-state index contributed by atoms with van der Waals surface area (Å²) < 4.78 is 10.8. The molecule has 0 radical (unpaired) electrons. The van der Waals surface area contributed by atoms with Crippen molar-refractivity contribution in [2.45, 2.75) is 19.3 Å². The lowest BCUT2D eigenvalue weighted by molar-refractivity contribution is -0.0324. The van der Waals surface area contributed by atoms with E-state index in [1.54, 1.807) is 0 Å². The number of nitrogens with zero attached hydrogens (tertiary/aromatic N) is 1. The van der Waals surface area contributed by atoms with Gasteiger partial charge in [0.1, 0.15) is 0 Å². The molecule has 2 aliphatic heterocycles. The zero-order valence-corrected chi connectivity index (χ0v) is 10.9. The summed E-state index contributed by atoms with van der Waals surface area (Å²) in [6.07, 6.45) is 3.14. The molecule has 0 aromatic rings. The van der Waals surface area contributed by atoms with Gasteiger partial charge in [0.05, 0.1) is 13.2 Å². The monoisotopic (exact) mass is 243 g/mol. The van der Waals surface area contributed by atoms with E-state index in [9.17, 15) is 5.11 Å². The highest BCUT2D eigenvalue weighted by atomic mass is 16.5. The van der Waals surface area contributed by atoms with Crippen molar-refractivity contribution in [2.24, 2.45) is 11.3 Å². The Balaban J connectivity index is 1.80. The van der Waals surface area contributed by atoms with E-state index in [2.05, 4.69) is 11.9 Å². The fourth-order valence-electron chi connectivity index (χ4n) is 2.98. The second-order valence-corrected chi connectivity index (χ2v) is 5.70. The maximum atomic E-state index is 9.64. The average Bonchev–Trinajstić information content (AvgIpc) is 2.83. The molecule has 0 saturated carbocycles. The molecule has 2 saturated heterocycles. The number of aliphatic hydroxyl groups is 1. The minimum atomic E-state index is 0.0620. The first kappa shape index (κ1) is 13.3. The normalized spacial score (nSPS) is 28.8. The predicted molar refractivity (Wildman–Crippen MR) is 66.0 cm³/mol. The number of hydrogen-bond donors (Lipinski definition) is 1. The molecule has 2 fully saturated rings. The van der Waals surface area contributed by atoms with Gasteiger partial charge in [0.25, 0.3) is 0 Å². The molecule has 1 unspecified atom stereocenters. The van der Waals surface area contributed by atoms with Gasteiger partial charge < -0.3 is 19.5 Å². The SMILES string of the molecule is CN(CC1CCOC1)CC1(CO)CCOCC1. The lowest BCUT2D eigenvalue weighted by atomic mass is 9.80. The van der Waals surface area contributed by atoms with Crippen LogP contribution in [0, 0.1) is 11.3 Å². The van der Waals surface area contributed by atoms with Crippen LogP contribution in [0.1, 0.15) is 19.3 Å². The molecule has 0 aromatic carbocycles. The molecule has 100 valence electrons. The highest BCUT2D eigenvalue weighted by molar-refractivity contribution is 4.84. The minimum Gasteiger partial charge on any atom is -0.396 e. The van der Waals surface area contributed by atoms with Gasteiger partial charge in [0, 0.05) is 38.3 Å². The third-order valence-electron chi connectivity index (χ3n) is 4.09. The van der Waals surface area contributed by atoms with E-state index in [-0.39, 0.29) is 12.0 Å². The highest BCUT2D eigenvalue weighted by Crippen LogP contribution is 2.31. The van der Waals surface area contributed by atoms with Crippen LogP contribution in [0.4, 0.5) is 0 Å². The van der Waals surface area contributed by atoms with Crippen molar-refractivity contribution in [3.8, 4) is 0 Å². The van der Waals surface area contributed by atoms with Crippen molar-refractivity contribution in [1.82, 2.24) is 4.90 Å². The van der Waals surface area contributed by atoms with Gasteiger partial charge in [-0.05, 0) is 32.2 Å². The second kappa shape index (κ2) is 6.14. The molecule has 4 nitrogen and oxygen atoms in total. The number of rotatable bonds is 5. The van der Waals surface area contributed by atoms with Crippen molar-refractivity contribution in [2.75, 3.05) is 53.2 Å². The van der Waals surface area contributed by atoms with E-state index < -0.39 is 0 Å². The van der Waals surface area contributed by atoms with Crippen molar-refractivity contribution in [3.05, 3.63) is 0 Å². The van der Waals surface area contributed by atoms with E-state index in [0.717, 1.165) is 52.4 Å². The molecule has 2 heterocycles. The Morgan fingerprint density at radius 3 is 2.59 bits per heavy atom. The highest BCUT2D eigenvalue weighted by Gasteiger charge is 2.33. The number of hydrogen-bond acceptors (Lipinski definition) is 4. The van der Waals surface area contributed by atoms with Gasteiger partial charge in [-0.1, -0.05) is 0 Å². The molecule has 0 aliphatic carbocycles. The lowest BCUT2D eigenvalue weighted by Crippen LogP contribution is -2.43. The summed E-state index contributed by atoms with van der Waals surface area (Å²) in [6, 6.07) is 0. The van der Waals surface area contributed by atoms with Gasteiger partial charge in [0.15, 0.2) is 0 Å². The smallest absolute Gasteiger partial charge is 0.0507 e. The van der Waals surface area contributed by atoms with Crippen LogP contribution >= 0.6 is 0 Å². The quantitative estimate of drug-likeness (QED) is 0.773. The molecule has 2 aliphatic rings. The minimum absolute atomic E-state index is 0.0620. The lowest BCUT2D eigenvalue weighted by Gasteiger charge is -2.39.